The zero-order chi connectivity index (χ0) is 18.1. The summed E-state index contributed by atoms with van der Waals surface area (Å²) in [7, 11) is -3.64. The molecule has 0 radical (unpaired) electrons. The molecule has 0 aliphatic carbocycles. The molecule has 6 nitrogen and oxygen atoms in total. The highest BCUT2D eigenvalue weighted by Gasteiger charge is 2.40. The van der Waals surface area contributed by atoms with E-state index < -0.39 is 16.1 Å². The Morgan fingerprint density at radius 1 is 1.19 bits per heavy atom. The van der Waals surface area contributed by atoms with Gasteiger partial charge in [-0.3, -0.25) is 4.79 Å². The molecule has 0 spiro atoms. The van der Waals surface area contributed by atoms with Crippen LogP contribution in [0.3, 0.4) is 0 Å². The van der Waals surface area contributed by atoms with Crippen molar-refractivity contribution in [2.75, 3.05) is 11.9 Å². The largest absolute Gasteiger partial charge is 0.301 e. The van der Waals surface area contributed by atoms with Gasteiger partial charge in [-0.1, -0.05) is 12.1 Å². The number of nitrogens with zero attached hydrogens (tertiary/aromatic N) is 2. The van der Waals surface area contributed by atoms with Gasteiger partial charge >= 0.3 is 0 Å². The normalized spacial score (nSPS) is 18.2. The van der Waals surface area contributed by atoms with E-state index in [9.17, 15) is 13.2 Å². The number of nitrogens with one attached hydrogen (secondary N) is 1. The third kappa shape index (κ3) is 3.35. The third-order valence-electron chi connectivity index (χ3n) is 4.07. The highest BCUT2D eigenvalue weighted by atomic mass is 32.2. The molecule has 0 aromatic carbocycles. The lowest BCUT2D eigenvalue weighted by atomic mass is 10.2. The van der Waals surface area contributed by atoms with Gasteiger partial charge in [0.05, 0.1) is 10.6 Å². The third-order valence-corrected chi connectivity index (χ3v) is 9.00. The molecule has 1 fully saturated rings. The molecular weight excluding hydrogens is 410 g/mol. The van der Waals surface area contributed by atoms with Gasteiger partial charge in [0.2, 0.25) is 5.91 Å². The van der Waals surface area contributed by atoms with Crippen LogP contribution in [0.25, 0.3) is 10.6 Å². The average Bonchev–Trinajstić information content (AvgIpc) is 3.42. The molecule has 0 saturated carbocycles. The SMILES string of the molecule is O=C(Nc1nc(-c2cccs2)cs1)C1CCCN1S(=O)(=O)c1cccs1. The van der Waals surface area contributed by atoms with Gasteiger partial charge in [-0.15, -0.1) is 34.0 Å². The summed E-state index contributed by atoms with van der Waals surface area (Å²) in [6, 6.07) is 6.49. The fourth-order valence-corrected chi connectivity index (χ4v) is 7.12. The summed E-state index contributed by atoms with van der Waals surface area (Å²) in [5.41, 5.74) is 0.815. The number of sulfonamides is 1. The lowest BCUT2D eigenvalue weighted by Crippen LogP contribution is -2.42. The minimum Gasteiger partial charge on any atom is -0.301 e. The first-order valence-electron chi connectivity index (χ1n) is 7.91. The van der Waals surface area contributed by atoms with Crippen LogP contribution in [0, 0.1) is 0 Å². The number of aromatic nitrogens is 1. The molecule has 136 valence electrons. The van der Waals surface area contributed by atoms with Gasteiger partial charge in [0.25, 0.3) is 10.0 Å². The average molecular weight is 426 g/mol. The van der Waals surface area contributed by atoms with Crippen LogP contribution in [0.5, 0.6) is 0 Å². The van der Waals surface area contributed by atoms with Crippen molar-refractivity contribution < 1.29 is 13.2 Å². The molecule has 26 heavy (non-hydrogen) atoms. The number of carbonyl (C=O) groups excluding carboxylic acids is 1. The van der Waals surface area contributed by atoms with Crippen molar-refractivity contribution in [3.63, 3.8) is 0 Å². The fourth-order valence-electron chi connectivity index (χ4n) is 2.87. The topological polar surface area (TPSA) is 79.4 Å². The molecule has 1 N–H and O–H groups in total. The zero-order valence-electron chi connectivity index (χ0n) is 13.5. The van der Waals surface area contributed by atoms with Gasteiger partial charge in [0.15, 0.2) is 5.13 Å². The van der Waals surface area contributed by atoms with E-state index in [-0.39, 0.29) is 10.1 Å². The standard InChI is InChI=1S/C16H15N3O3S4/c20-15(18-16-17-11(10-25-16)13-5-2-8-23-13)12-4-1-7-19(12)26(21,22)14-6-3-9-24-14/h2-3,5-6,8-10,12H,1,4,7H2,(H,17,18,20). The van der Waals surface area contributed by atoms with E-state index >= 15 is 0 Å². The minimum atomic E-state index is -3.64. The van der Waals surface area contributed by atoms with E-state index in [0.717, 1.165) is 10.6 Å². The second-order valence-electron chi connectivity index (χ2n) is 5.71. The molecule has 0 bridgehead atoms. The second-order valence-corrected chi connectivity index (χ2v) is 10.6. The smallest absolute Gasteiger partial charge is 0.253 e. The fraction of sp³-hybridized carbons (Fsp3) is 0.250. The molecule has 1 unspecified atom stereocenters. The predicted octanol–water partition coefficient (Wildman–Crippen LogP) is 3.72. The van der Waals surface area contributed by atoms with E-state index in [0.29, 0.717) is 24.5 Å². The van der Waals surface area contributed by atoms with Crippen LogP contribution in [-0.4, -0.2) is 36.2 Å². The summed E-state index contributed by atoms with van der Waals surface area (Å²) in [5.74, 6) is -0.324. The van der Waals surface area contributed by atoms with Gasteiger partial charge in [0, 0.05) is 11.9 Å². The number of thiophene rings is 2. The van der Waals surface area contributed by atoms with E-state index in [1.165, 1.54) is 27.0 Å². The molecule has 1 aliphatic heterocycles. The van der Waals surface area contributed by atoms with Crippen LogP contribution in [0.4, 0.5) is 5.13 Å². The molecule has 10 heteroatoms. The number of amides is 1. The van der Waals surface area contributed by atoms with Crippen molar-refractivity contribution >= 4 is 55.1 Å². The van der Waals surface area contributed by atoms with Gasteiger partial charge in [-0.25, -0.2) is 13.4 Å². The van der Waals surface area contributed by atoms with Crippen LogP contribution >= 0.6 is 34.0 Å². The Bertz CT molecular complexity index is 994. The Hall–Kier alpha value is -1.59. The van der Waals surface area contributed by atoms with E-state index in [1.54, 1.807) is 28.8 Å². The minimum absolute atomic E-state index is 0.270. The summed E-state index contributed by atoms with van der Waals surface area (Å²) >= 11 is 4.09. The number of rotatable bonds is 5. The van der Waals surface area contributed by atoms with Gasteiger partial charge in [-0.05, 0) is 35.7 Å². The van der Waals surface area contributed by atoms with Crippen molar-refractivity contribution in [1.29, 1.82) is 0 Å². The lowest BCUT2D eigenvalue weighted by Gasteiger charge is -2.22. The summed E-state index contributed by atoms with van der Waals surface area (Å²) in [6.07, 6.45) is 1.18. The summed E-state index contributed by atoms with van der Waals surface area (Å²) in [5, 5.41) is 8.85. The highest BCUT2D eigenvalue weighted by Crippen LogP contribution is 2.31. The Labute approximate surface area is 163 Å². The Morgan fingerprint density at radius 3 is 2.73 bits per heavy atom. The van der Waals surface area contributed by atoms with Crippen molar-refractivity contribution in [3.8, 4) is 10.6 Å². The maximum atomic E-state index is 12.8. The van der Waals surface area contributed by atoms with Crippen molar-refractivity contribution in [3.05, 3.63) is 40.4 Å². The van der Waals surface area contributed by atoms with Crippen LogP contribution in [-0.2, 0) is 14.8 Å². The van der Waals surface area contributed by atoms with Crippen LogP contribution in [0.2, 0.25) is 0 Å². The van der Waals surface area contributed by atoms with Gasteiger partial charge in [-0.2, -0.15) is 4.31 Å². The van der Waals surface area contributed by atoms with Gasteiger partial charge < -0.3 is 5.32 Å². The van der Waals surface area contributed by atoms with E-state index in [1.807, 2.05) is 22.9 Å². The number of anilines is 1. The van der Waals surface area contributed by atoms with Crippen molar-refractivity contribution in [1.82, 2.24) is 9.29 Å². The van der Waals surface area contributed by atoms with Gasteiger partial charge in [0.1, 0.15) is 10.3 Å². The maximum Gasteiger partial charge on any atom is 0.253 e. The molecule has 1 aliphatic rings. The summed E-state index contributed by atoms with van der Waals surface area (Å²) in [4.78, 5) is 18.2. The Kier molecular flexibility index (Phi) is 4.93. The van der Waals surface area contributed by atoms with Crippen LogP contribution < -0.4 is 5.32 Å². The quantitative estimate of drug-likeness (QED) is 0.676. The Balaban J connectivity index is 1.51. The second kappa shape index (κ2) is 7.20. The zero-order valence-corrected chi connectivity index (χ0v) is 16.8. The summed E-state index contributed by atoms with van der Waals surface area (Å²) in [6.45, 7) is 0.358. The van der Waals surface area contributed by atoms with Crippen LogP contribution in [0.15, 0.2) is 44.6 Å². The molecule has 1 amide bonds. The first-order valence-corrected chi connectivity index (χ1v) is 12.0. The first-order chi connectivity index (χ1) is 12.6. The number of thiazole rings is 1. The first kappa shape index (κ1) is 17.8. The van der Waals surface area contributed by atoms with E-state index in [4.69, 9.17) is 0 Å². The molecule has 1 saturated heterocycles. The monoisotopic (exact) mass is 425 g/mol. The van der Waals surface area contributed by atoms with E-state index in [2.05, 4.69) is 10.3 Å². The molecule has 3 aromatic heterocycles. The van der Waals surface area contributed by atoms with Crippen molar-refractivity contribution in [2.24, 2.45) is 0 Å². The van der Waals surface area contributed by atoms with Crippen LogP contribution in [0.1, 0.15) is 12.8 Å². The summed E-state index contributed by atoms with van der Waals surface area (Å²) < 4.78 is 27.1. The molecular formula is C16H15N3O3S4. The highest BCUT2D eigenvalue weighted by molar-refractivity contribution is 7.91. The number of carbonyl (C=O) groups is 1. The number of hydrogen-bond acceptors (Lipinski definition) is 7. The predicted molar refractivity (Wildman–Crippen MR) is 105 cm³/mol. The molecule has 4 heterocycles. The Morgan fingerprint density at radius 2 is 2.00 bits per heavy atom. The maximum absolute atomic E-state index is 12.8. The molecule has 1 atom stereocenters. The number of hydrogen-bond donors (Lipinski definition) is 1. The lowest BCUT2D eigenvalue weighted by molar-refractivity contribution is -0.119. The van der Waals surface area contributed by atoms with Crippen molar-refractivity contribution in [2.45, 2.75) is 23.1 Å². The molecule has 4 rings (SSSR count). The molecule has 3 aromatic rings.